The molecule has 1 rings (SSSR count). The molecule has 0 heterocycles. The summed E-state index contributed by atoms with van der Waals surface area (Å²) >= 11 is 5.59. The van der Waals surface area contributed by atoms with Gasteiger partial charge in [-0.25, -0.2) is 13.6 Å². The SMILES string of the molecule is COC(=O)c1c(CCl)ccc(C(F)F)c1C#N. The molecule has 0 saturated carbocycles. The van der Waals surface area contributed by atoms with Gasteiger partial charge in [0.25, 0.3) is 6.43 Å². The number of methoxy groups -OCH3 is 1. The molecule has 0 fully saturated rings. The Hall–Kier alpha value is -1.67. The van der Waals surface area contributed by atoms with Gasteiger partial charge >= 0.3 is 5.97 Å². The van der Waals surface area contributed by atoms with Crippen LogP contribution in [-0.2, 0) is 10.6 Å². The number of carbonyl (C=O) groups is 1. The number of benzene rings is 1. The van der Waals surface area contributed by atoms with Gasteiger partial charge in [-0.2, -0.15) is 5.26 Å². The minimum atomic E-state index is -2.84. The maximum absolute atomic E-state index is 12.7. The first kappa shape index (κ1) is 13.4. The average molecular weight is 260 g/mol. The standard InChI is InChI=1S/C11H8ClF2NO2/c1-17-11(16)9-6(4-12)2-3-7(10(13)14)8(9)5-15/h2-3,10H,4H2,1H3. The zero-order valence-corrected chi connectivity index (χ0v) is 9.59. The molecule has 0 spiro atoms. The van der Waals surface area contributed by atoms with E-state index in [9.17, 15) is 13.6 Å². The van der Waals surface area contributed by atoms with Crippen LogP contribution in [0, 0.1) is 11.3 Å². The Morgan fingerprint density at radius 2 is 2.24 bits per heavy atom. The van der Waals surface area contributed by atoms with Gasteiger partial charge in [0.15, 0.2) is 0 Å². The number of nitrogens with zero attached hydrogens (tertiary/aromatic N) is 1. The molecule has 0 aliphatic heterocycles. The van der Waals surface area contributed by atoms with E-state index in [1.807, 2.05) is 0 Å². The minimum Gasteiger partial charge on any atom is -0.465 e. The summed E-state index contributed by atoms with van der Waals surface area (Å²) in [6.45, 7) is 0. The van der Waals surface area contributed by atoms with Crippen LogP contribution in [0.1, 0.15) is 33.5 Å². The fourth-order valence-corrected chi connectivity index (χ4v) is 1.63. The van der Waals surface area contributed by atoms with Crippen LogP contribution in [0.25, 0.3) is 0 Å². The molecule has 0 amide bonds. The van der Waals surface area contributed by atoms with E-state index in [4.69, 9.17) is 16.9 Å². The van der Waals surface area contributed by atoms with Crippen molar-refractivity contribution in [2.75, 3.05) is 7.11 Å². The van der Waals surface area contributed by atoms with Gasteiger partial charge in [-0.05, 0) is 5.56 Å². The van der Waals surface area contributed by atoms with Gasteiger partial charge in [0.05, 0.1) is 18.2 Å². The van der Waals surface area contributed by atoms with Crippen molar-refractivity contribution < 1.29 is 18.3 Å². The lowest BCUT2D eigenvalue weighted by molar-refractivity contribution is 0.0599. The summed E-state index contributed by atoms with van der Waals surface area (Å²) in [5, 5.41) is 8.88. The van der Waals surface area contributed by atoms with Gasteiger partial charge in [-0.3, -0.25) is 0 Å². The van der Waals surface area contributed by atoms with E-state index < -0.39 is 18.0 Å². The maximum Gasteiger partial charge on any atom is 0.339 e. The number of ether oxygens (including phenoxy) is 1. The zero-order valence-electron chi connectivity index (χ0n) is 8.84. The van der Waals surface area contributed by atoms with Gasteiger partial charge in [-0.15, -0.1) is 11.6 Å². The predicted octanol–water partition coefficient (Wildman–Crippen LogP) is 3.02. The highest BCUT2D eigenvalue weighted by atomic mass is 35.5. The number of esters is 1. The normalized spacial score (nSPS) is 10.1. The average Bonchev–Trinajstić information content (AvgIpc) is 2.35. The smallest absolute Gasteiger partial charge is 0.339 e. The lowest BCUT2D eigenvalue weighted by atomic mass is 9.97. The molecule has 0 aromatic heterocycles. The maximum atomic E-state index is 12.7. The Balaban J connectivity index is 3.56. The number of nitriles is 1. The van der Waals surface area contributed by atoms with E-state index in [2.05, 4.69) is 4.74 Å². The summed E-state index contributed by atoms with van der Waals surface area (Å²) in [7, 11) is 1.11. The molecule has 1 aromatic rings. The summed E-state index contributed by atoms with van der Waals surface area (Å²) in [5.74, 6) is -0.914. The van der Waals surface area contributed by atoms with Crippen molar-refractivity contribution in [2.45, 2.75) is 12.3 Å². The molecule has 3 nitrogen and oxygen atoms in total. The van der Waals surface area contributed by atoms with Crippen LogP contribution in [0.3, 0.4) is 0 Å². The van der Waals surface area contributed by atoms with E-state index in [-0.39, 0.29) is 17.0 Å². The lowest BCUT2D eigenvalue weighted by Crippen LogP contribution is -2.10. The number of rotatable bonds is 3. The van der Waals surface area contributed by atoms with Crippen LogP contribution in [0.5, 0.6) is 0 Å². The van der Waals surface area contributed by atoms with Crippen molar-refractivity contribution in [2.24, 2.45) is 0 Å². The Kier molecular flexibility index (Phi) is 4.41. The van der Waals surface area contributed by atoms with Gasteiger partial charge in [0.1, 0.15) is 6.07 Å². The number of hydrogen-bond acceptors (Lipinski definition) is 3. The molecule has 0 radical (unpaired) electrons. The molecule has 0 aliphatic rings. The van der Waals surface area contributed by atoms with Crippen molar-refractivity contribution in [3.63, 3.8) is 0 Å². The number of carbonyl (C=O) groups excluding carboxylic acids is 1. The summed E-state index contributed by atoms with van der Waals surface area (Å²) in [6, 6.07) is 3.98. The third-order valence-corrected chi connectivity index (χ3v) is 2.49. The fourth-order valence-electron chi connectivity index (χ4n) is 1.41. The summed E-state index contributed by atoms with van der Waals surface area (Å²) in [5.41, 5.74) is -0.783. The van der Waals surface area contributed by atoms with Gasteiger partial charge in [0.2, 0.25) is 0 Å². The van der Waals surface area contributed by atoms with Gasteiger partial charge in [0, 0.05) is 11.4 Å². The fraction of sp³-hybridized carbons (Fsp3) is 0.273. The van der Waals surface area contributed by atoms with Crippen molar-refractivity contribution in [1.82, 2.24) is 0 Å². The highest BCUT2D eigenvalue weighted by Crippen LogP contribution is 2.28. The largest absolute Gasteiger partial charge is 0.465 e. The Morgan fingerprint density at radius 1 is 1.59 bits per heavy atom. The Bertz CT molecular complexity index is 483. The third kappa shape index (κ3) is 2.53. The van der Waals surface area contributed by atoms with Crippen LogP contribution < -0.4 is 0 Å². The molecule has 0 aliphatic carbocycles. The first-order chi connectivity index (χ1) is 8.06. The highest BCUT2D eigenvalue weighted by molar-refractivity contribution is 6.17. The van der Waals surface area contributed by atoms with E-state index in [1.54, 1.807) is 6.07 Å². The van der Waals surface area contributed by atoms with E-state index in [0.717, 1.165) is 13.2 Å². The molecule has 0 N–H and O–H groups in total. The second kappa shape index (κ2) is 5.60. The quantitative estimate of drug-likeness (QED) is 0.619. The van der Waals surface area contributed by atoms with E-state index >= 15 is 0 Å². The zero-order chi connectivity index (χ0) is 13.0. The monoisotopic (exact) mass is 259 g/mol. The van der Waals surface area contributed by atoms with Crippen molar-refractivity contribution in [3.8, 4) is 6.07 Å². The summed E-state index contributed by atoms with van der Waals surface area (Å²) < 4.78 is 29.8. The Morgan fingerprint density at radius 3 is 2.65 bits per heavy atom. The molecule has 90 valence electrons. The van der Waals surface area contributed by atoms with Crippen LogP contribution in [0.2, 0.25) is 0 Å². The first-order valence-corrected chi connectivity index (χ1v) is 5.08. The molecule has 0 bridgehead atoms. The first-order valence-electron chi connectivity index (χ1n) is 4.55. The topological polar surface area (TPSA) is 50.1 Å². The molecule has 0 unspecified atom stereocenters. The van der Waals surface area contributed by atoms with Crippen LogP contribution in [-0.4, -0.2) is 13.1 Å². The second-order valence-corrected chi connectivity index (χ2v) is 3.37. The van der Waals surface area contributed by atoms with Gasteiger partial charge < -0.3 is 4.74 Å². The van der Waals surface area contributed by atoms with Crippen LogP contribution in [0.4, 0.5) is 8.78 Å². The van der Waals surface area contributed by atoms with Crippen LogP contribution >= 0.6 is 11.6 Å². The molecule has 1 aromatic carbocycles. The third-order valence-electron chi connectivity index (χ3n) is 2.20. The molecular weight excluding hydrogens is 252 g/mol. The van der Waals surface area contributed by atoms with Gasteiger partial charge in [-0.1, -0.05) is 12.1 Å². The number of halogens is 3. The van der Waals surface area contributed by atoms with Crippen molar-refractivity contribution in [3.05, 3.63) is 34.4 Å². The molecular formula is C11H8ClF2NO2. The van der Waals surface area contributed by atoms with Crippen molar-refractivity contribution in [1.29, 1.82) is 5.26 Å². The van der Waals surface area contributed by atoms with E-state index in [0.29, 0.717) is 5.56 Å². The molecule has 0 atom stereocenters. The van der Waals surface area contributed by atoms with E-state index in [1.165, 1.54) is 6.07 Å². The summed E-state index contributed by atoms with van der Waals surface area (Å²) in [6.07, 6.45) is -2.84. The highest BCUT2D eigenvalue weighted by Gasteiger charge is 2.23. The Labute approximate surface area is 102 Å². The van der Waals surface area contributed by atoms with Crippen LogP contribution in [0.15, 0.2) is 12.1 Å². The second-order valence-electron chi connectivity index (χ2n) is 3.10. The summed E-state index contributed by atoms with van der Waals surface area (Å²) in [4.78, 5) is 11.5. The molecule has 6 heteroatoms. The predicted molar refractivity (Wildman–Crippen MR) is 57.0 cm³/mol. The minimum absolute atomic E-state index is 0.0668. The molecule has 17 heavy (non-hydrogen) atoms. The molecule has 0 saturated heterocycles. The number of alkyl halides is 3. The number of hydrogen-bond donors (Lipinski definition) is 0. The lowest BCUT2D eigenvalue weighted by Gasteiger charge is -2.11. The van der Waals surface area contributed by atoms with Crippen molar-refractivity contribution >= 4 is 17.6 Å².